The highest BCUT2D eigenvalue weighted by Crippen LogP contribution is 2.29. The van der Waals surface area contributed by atoms with E-state index in [-0.39, 0.29) is 23.3 Å². The Morgan fingerprint density at radius 2 is 2.09 bits per heavy atom. The lowest BCUT2D eigenvalue weighted by atomic mass is 10.2. The van der Waals surface area contributed by atoms with Crippen LogP contribution in [0.4, 0.5) is 5.13 Å². The number of amides is 1. The number of hydrogen-bond acceptors (Lipinski definition) is 7. The molecule has 3 heterocycles. The van der Waals surface area contributed by atoms with Gasteiger partial charge in [0.25, 0.3) is 5.56 Å². The van der Waals surface area contributed by atoms with E-state index < -0.39 is 0 Å². The van der Waals surface area contributed by atoms with Gasteiger partial charge in [-0.05, 0) is 45.4 Å². The number of aromatic amines is 1. The average molecular weight is 472 g/mol. The van der Waals surface area contributed by atoms with E-state index >= 15 is 0 Å². The predicted octanol–water partition coefficient (Wildman–Crippen LogP) is 4.74. The van der Waals surface area contributed by atoms with E-state index in [0.29, 0.717) is 27.9 Å². The number of carbonyl (C=O) groups excluding carboxylic acids is 1. The van der Waals surface area contributed by atoms with Gasteiger partial charge in [-0.2, -0.15) is 0 Å². The molecule has 0 bridgehead atoms. The Bertz CT molecular complexity index is 1340. The zero-order valence-electron chi connectivity index (χ0n) is 18.4. The fourth-order valence-electron chi connectivity index (χ4n) is 3.37. The number of benzene rings is 1. The summed E-state index contributed by atoms with van der Waals surface area (Å²) in [5.74, 6) is 0.676. The third-order valence-corrected chi connectivity index (χ3v) is 6.97. The molecule has 1 amide bonds. The van der Waals surface area contributed by atoms with Crippen LogP contribution in [0.5, 0.6) is 5.75 Å². The maximum absolute atomic E-state index is 13.0. The van der Waals surface area contributed by atoms with Crippen molar-refractivity contribution in [3.05, 3.63) is 40.3 Å². The first-order valence-electron chi connectivity index (χ1n) is 10.5. The van der Waals surface area contributed by atoms with Crippen molar-refractivity contribution in [3.8, 4) is 5.75 Å². The minimum absolute atomic E-state index is 0.0302. The number of thiazole rings is 1. The number of H-pyrrole nitrogens is 1. The molecule has 1 atom stereocenters. The summed E-state index contributed by atoms with van der Waals surface area (Å²) in [6, 6.07) is 7.51. The van der Waals surface area contributed by atoms with Crippen LogP contribution in [0.2, 0.25) is 0 Å². The molecule has 4 aromatic rings. The van der Waals surface area contributed by atoms with Crippen LogP contribution in [-0.2, 0) is 4.79 Å². The van der Waals surface area contributed by atoms with Crippen LogP contribution in [0.25, 0.3) is 21.3 Å². The number of aryl methyl sites for hydroxylation is 1. The van der Waals surface area contributed by atoms with Crippen molar-refractivity contribution < 1.29 is 9.53 Å². The number of ether oxygens (including phenoxy) is 1. The highest BCUT2D eigenvalue weighted by atomic mass is 32.2. The van der Waals surface area contributed by atoms with Gasteiger partial charge in [0.15, 0.2) is 10.3 Å². The number of carbonyl (C=O) groups is 1. The number of nitrogens with one attached hydrogen (secondary N) is 2. The molecule has 0 spiro atoms. The predicted molar refractivity (Wildman–Crippen MR) is 130 cm³/mol. The van der Waals surface area contributed by atoms with Crippen molar-refractivity contribution in [1.29, 1.82) is 0 Å². The number of rotatable bonds is 8. The average Bonchev–Trinajstić information content (AvgIpc) is 3.33. The summed E-state index contributed by atoms with van der Waals surface area (Å²) in [5, 5.41) is 3.93. The SMILES string of the molecule is CCOc1ccc2sc(NC(=O)CSc3nc4cc(C)[nH]c4c(=O)n3C(C)CC)nc2c1. The van der Waals surface area contributed by atoms with Crippen molar-refractivity contribution in [3.63, 3.8) is 0 Å². The monoisotopic (exact) mass is 471 g/mol. The summed E-state index contributed by atoms with van der Waals surface area (Å²) in [5.41, 5.74) is 2.66. The number of aromatic nitrogens is 4. The van der Waals surface area contributed by atoms with Crippen molar-refractivity contribution in [1.82, 2.24) is 19.5 Å². The topological polar surface area (TPSA) is 102 Å². The Balaban J connectivity index is 1.52. The molecule has 0 aliphatic carbocycles. The lowest BCUT2D eigenvalue weighted by Crippen LogP contribution is -2.26. The first-order chi connectivity index (χ1) is 15.4. The quantitative estimate of drug-likeness (QED) is 0.284. The van der Waals surface area contributed by atoms with E-state index in [1.54, 1.807) is 4.57 Å². The second-order valence-electron chi connectivity index (χ2n) is 7.46. The van der Waals surface area contributed by atoms with Crippen LogP contribution in [0, 0.1) is 6.92 Å². The Morgan fingerprint density at radius 1 is 1.28 bits per heavy atom. The van der Waals surface area contributed by atoms with Crippen molar-refractivity contribution in [2.45, 2.75) is 45.3 Å². The second kappa shape index (κ2) is 9.33. The van der Waals surface area contributed by atoms with Gasteiger partial charge in [0.2, 0.25) is 5.91 Å². The molecule has 4 rings (SSSR count). The maximum Gasteiger partial charge on any atom is 0.278 e. The number of nitrogens with zero attached hydrogens (tertiary/aromatic N) is 3. The lowest BCUT2D eigenvalue weighted by molar-refractivity contribution is -0.113. The van der Waals surface area contributed by atoms with Gasteiger partial charge in [0.1, 0.15) is 11.3 Å². The number of hydrogen-bond donors (Lipinski definition) is 2. The van der Waals surface area contributed by atoms with E-state index in [2.05, 4.69) is 20.3 Å². The number of anilines is 1. The molecule has 0 saturated carbocycles. The van der Waals surface area contributed by atoms with E-state index in [4.69, 9.17) is 4.74 Å². The van der Waals surface area contributed by atoms with Gasteiger partial charge in [-0.1, -0.05) is 30.0 Å². The molecule has 168 valence electrons. The molecule has 32 heavy (non-hydrogen) atoms. The van der Waals surface area contributed by atoms with Crippen LogP contribution < -0.4 is 15.6 Å². The van der Waals surface area contributed by atoms with Crippen LogP contribution in [0.3, 0.4) is 0 Å². The van der Waals surface area contributed by atoms with E-state index in [1.165, 1.54) is 23.1 Å². The Labute approximate surface area is 193 Å². The molecule has 0 aliphatic heterocycles. The van der Waals surface area contributed by atoms with Gasteiger partial charge in [-0.3, -0.25) is 14.2 Å². The Hall–Kier alpha value is -2.85. The van der Waals surface area contributed by atoms with Crippen LogP contribution in [0.15, 0.2) is 34.2 Å². The fourth-order valence-corrected chi connectivity index (χ4v) is 5.13. The van der Waals surface area contributed by atoms with E-state index in [1.807, 2.05) is 52.0 Å². The van der Waals surface area contributed by atoms with Crippen LogP contribution in [-0.4, -0.2) is 37.8 Å². The second-order valence-corrected chi connectivity index (χ2v) is 9.43. The molecule has 8 nitrogen and oxygen atoms in total. The largest absolute Gasteiger partial charge is 0.494 e. The fraction of sp³-hybridized carbons (Fsp3) is 0.364. The number of thioether (sulfide) groups is 1. The zero-order chi connectivity index (χ0) is 22.8. The van der Waals surface area contributed by atoms with Crippen molar-refractivity contribution in [2.75, 3.05) is 17.7 Å². The summed E-state index contributed by atoms with van der Waals surface area (Å²) in [4.78, 5) is 37.9. The summed E-state index contributed by atoms with van der Waals surface area (Å²) in [6.07, 6.45) is 0.780. The van der Waals surface area contributed by atoms with E-state index in [0.717, 1.165) is 28.1 Å². The van der Waals surface area contributed by atoms with Gasteiger partial charge in [0, 0.05) is 17.8 Å². The third kappa shape index (κ3) is 4.51. The number of fused-ring (bicyclic) bond motifs is 2. The molecule has 0 saturated heterocycles. The summed E-state index contributed by atoms with van der Waals surface area (Å²) in [7, 11) is 0. The summed E-state index contributed by atoms with van der Waals surface area (Å²) >= 11 is 2.67. The molecule has 0 fully saturated rings. The normalized spacial score (nSPS) is 12.4. The molecule has 1 aromatic carbocycles. The summed E-state index contributed by atoms with van der Waals surface area (Å²) in [6.45, 7) is 8.41. The van der Waals surface area contributed by atoms with Gasteiger partial charge in [-0.15, -0.1) is 0 Å². The maximum atomic E-state index is 13.0. The smallest absolute Gasteiger partial charge is 0.278 e. The zero-order valence-corrected chi connectivity index (χ0v) is 20.0. The summed E-state index contributed by atoms with van der Waals surface area (Å²) < 4.78 is 8.15. The molecule has 2 N–H and O–H groups in total. The Morgan fingerprint density at radius 3 is 2.84 bits per heavy atom. The first-order valence-corrected chi connectivity index (χ1v) is 12.3. The van der Waals surface area contributed by atoms with Crippen molar-refractivity contribution >= 4 is 55.4 Å². The van der Waals surface area contributed by atoms with Crippen molar-refractivity contribution in [2.24, 2.45) is 0 Å². The highest BCUT2D eigenvalue weighted by Gasteiger charge is 2.18. The van der Waals surface area contributed by atoms with Gasteiger partial charge >= 0.3 is 0 Å². The molecule has 0 radical (unpaired) electrons. The standard InChI is InChI=1S/C22H25N5O3S2/c1-5-13(4)27-20(29)19-16(9-12(3)23-19)25-22(27)31-11-18(28)26-21-24-15-10-14(30-6-2)7-8-17(15)32-21/h7-10,13,23H,5-6,11H2,1-4H3,(H,24,26,28). The highest BCUT2D eigenvalue weighted by molar-refractivity contribution is 7.99. The molecule has 0 aliphatic rings. The molecular formula is C22H25N5O3S2. The van der Waals surface area contributed by atoms with Gasteiger partial charge in [-0.25, -0.2) is 9.97 Å². The van der Waals surface area contributed by atoms with Gasteiger partial charge < -0.3 is 15.0 Å². The van der Waals surface area contributed by atoms with Crippen LogP contribution in [0.1, 0.15) is 38.9 Å². The minimum Gasteiger partial charge on any atom is -0.494 e. The molecule has 10 heteroatoms. The molecule has 1 unspecified atom stereocenters. The third-order valence-electron chi connectivity index (χ3n) is 5.07. The molecule has 3 aromatic heterocycles. The van der Waals surface area contributed by atoms with E-state index in [9.17, 15) is 9.59 Å². The molecular weight excluding hydrogens is 446 g/mol. The van der Waals surface area contributed by atoms with Crippen LogP contribution >= 0.6 is 23.1 Å². The first kappa shape index (κ1) is 22.3. The minimum atomic E-state index is -0.200. The Kier molecular flexibility index (Phi) is 6.52. The van der Waals surface area contributed by atoms with Gasteiger partial charge in [0.05, 0.1) is 28.1 Å². The lowest BCUT2D eigenvalue weighted by Gasteiger charge is -2.17.